The summed E-state index contributed by atoms with van der Waals surface area (Å²) in [6.45, 7) is -0.515. The van der Waals surface area contributed by atoms with Gasteiger partial charge in [0.25, 0.3) is 11.8 Å². The Balaban J connectivity index is 0.00000361. The SMILES string of the molecule is CO/N=C(/C(=O)NC1C(=O)N2C(C(=O)OCOC(=O)C3CCCCC3)=CCSC12)c1csc(N)n1.Cl. The summed E-state index contributed by atoms with van der Waals surface area (Å²) in [5.74, 6) is -2.03. The number of anilines is 1. The van der Waals surface area contributed by atoms with E-state index >= 15 is 0 Å². The number of aromatic nitrogens is 1. The van der Waals surface area contributed by atoms with Crippen LogP contribution in [0.15, 0.2) is 22.3 Å². The fraction of sp³-hybridized carbons (Fsp3) is 0.524. The number of fused-ring (bicyclic) bond motifs is 1. The Morgan fingerprint density at radius 3 is 2.67 bits per heavy atom. The fourth-order valence-electron chi connectivity index (χ4n) is 4.10. The van der Waals surface area contributed by atoms with Crippen molar-refractivity contribution < 1.29 is 33.5 Å². The first-order valence-electron chi connectivity index (χ1n) is 11.0. The Hall–Kier alpha value is -2.84. The predicted molar refractivity (Wildman–Crippen MR) is 134 cm³/mol. The topological polar surface area (TPSA) is 163 Å². The number of ether oxygens (including phenoxy) is 2. The van der Waals surface area contributed by atoms with Crippen LogP contribution >= 0.6 is 35.5 Å². The Labute approximate surface area is 221 Å². The molecule has 3 N–H and O–H groups in total. The number of hydrogen-bond acceptors (Lipinski definition) is 12. The van der Waals surface area contributed by atoms with Gasteiger partial charge in [-0.3, -0.25) is 19.3 Å². The van der Waals surface area contributed by atoms with Crippen molar-refractivity contribution >= 4 is 70.1 Å². The molecule has 2 fully saturated rings. The molecule has 2 aliphatic heterocycles. The number of hydrogen-bond donors (Lipinski definition) is 2. The van der Waals surface area contributed by atoms with Gasteiger partial charge in [0.1, 0.15) is 29.9 Å². The molecule has 1 aromatic rings. The molecule has 3 heterocycles. The number of carbonyl (C=O) groups is 4. The average molecular weight is 560 g/mol. The van der Waals surface area contributed by atoms with Gasteiger partial charge in [-0.1, -0.05) is 24.4 Å². The van der Waals surface area contributed by atoms with E-state index in [1.54, 1.807) is 11.5 Å². The number of amides is 2. The van der Waals surface area contributed by atoms with Crippen LogP contribution in [-0.4, -0.2) is 70.4 Å². The summed E-state index contributed by atoms with van der Waals surface area (Å²) in [6.07, 6.45) is 6.20. The number of thiazole rings is 1. The van der Waals surface area contributed by atoms with Crippen LogP contribution in [0.3, 0.4) is 0 Å². The van der Waals surface area contributed by atoms with Crippen LogP contribution in [0, 0.1) is 5.92 Å². The van der Waals surface area contributed by atoms with Gasteiger partial charge in [-0.05, 0) is 18.9 Å². The first-order valence-corrected chi connectivity index (χ1v) is 13.0. The molecule has 36 heavy (non-hydrogen) atoms. The quantitative estimate of drug-likeness (QED) is 0.156. The van der Waals surface area contributed by atoms with Crippen LogP contribution in [0.25, 0.3) is 0 Å². The molecule has 196 valence electrons. The molecule has 1 saturated heterocycles. The first kappa shape index (κ1) is 27.7. The van der Waals surface area contributed by atoms with E-state index in [9.17, 15) is 19.2 Å². The lowest BCUT2D eigenvalue weighted by atomic mass is 9.89. The highest BCUT2D eigenvalue weighted by molar-refractivity contribution is 8.00. The van der Waals surface area contributed by atoms with Crippen molar-refractivity contribution in [1.82, 2.24) is 15.2 Å². The van der Waals surface area contributed by atoms with Gasteiger partial charge in [-0.25, -0.2) is 9.78 Å². The van der Waals surface area contributed by atoms with E-state index in [4.69, 9.17) is 20.0 Å². The number of rotatable bonds is 8. The summed E-state index contributed by atoms with van der Waals surface area (Å²) in [7, 11) is 1.28. The van der Waals surface area contributed by atoms with Crippen molar-refractivity contribution in [3.63, 3.8) is 0 Å². The number of halogens is 1. The van der Waals surface area contributed by atoms with Crippen molar-refractivity contribution in [2.24, 2.45) is 11.1 Å². The summed E-state index contributed by atoms with van der Waals surface area (Å²) < 4.78 is 10.2. The Morgan fingerprint density at radius 1 is 1.25 bits per heavy atom. The molecular formula is C21H26ClN5O7S2. The summed E-state index contributed by atoms with van der Waals surface area (Å²) >= 11 is 2.51. The third-order valence-corrected chi connectivity index (χ3v) is 7.69. The van der Waals surface area contributed by atoms with E-state index in [2.05, 4.69) is 15.5 Å². The smallest absolute Gasteiger partial charge is 0.357 e. The standard InChI is InChI=1S/C21H25N5O7S2.ClH/c1-31-25-14(12-9-35-21(22)23-12)16(27)24-15-17(28)26-13(7-8-34-18(15)26)20(30)33-10-32-19(29)11-5-3-2-4-6-11;/h7,9,11,15,18H,2-6,8,10H2,1H3,(H2,22,23)(H,24,27);1H/b25-14+;. The Kier molecular flexibility index (Phi) is 9.56. The van der Waals surface area contributed by atoms with Crippen molar-refractivity contribution in [3.05, 3.63) is 22.8 Å². The van der Waals surface area contributed by atoms with Crippen molar-refractivity contribution in [3.8, 4) is 0 Å². The van der Waals surface area contributed by atoms with Gasteiger partial charge in [-0.2, -0.15) is 0 Å². The molecule has 1 aromatic heterocycles. The van der Waals surface area contributed by atoms with E-state index < -0.39 is 36.0 Å². The maximum absolute atomic E-state index is 12.8. The molecule has 12 nitrogen and oxygen atoms in total. The summed E-state index contributed by atoms with van der Waals surface area (Å²) in [4.78, 5) is 60.3. The lowest BCUT2D eigenvalue weighted by Gasteiger charge is -2.48. The van der Waals surface area contributed by atoms with Gasteiger partial charge in [0.2, 0.25) is 6.79 Å². The van der Waals surface area contributed by atoms with Crippen LogP contribution in [0.1, 0.15) is 37.8 Å². The molecule has 1 saturated carbocycles. The second-order valence-electron chi connectivity index (χ2n) is 8.01. The highest BCUT2D eigenvalue weighted by Crippen LogP contribution is 2.38. The molecule has 2 atom stereocenters. The molecule has 3 aliphatic rings. The Morgan fingerprint density at radius 2 is 2.00 bits per heavy atom. The Bertz CT molecular complexity index is 1070. The van der Waals surface area contributed by atoms with E-state index in [0.717, 1.165) is 43.4 Å². The third kappa shape index (κ3) is 5.93. The monoisotopic (exact) mass is 559 g/mol. The highest BCUT2D eigenvalue weighted by atomic mass is 35.5. The zero-order chi connectivity index (χ0) is 24.9. The molecule has 2 amide bonds. The van der Waals surface area contributed by atoms with Gasteiger partial charge in [0.05, 0.1) is 5.92 Å². The maximum Gasteiger partial charge on any atom is 0.357 e. The zero-order valence-corrected chi connectivity index (χ0v) is 21.8. The molecule has 0 aromatic carbocycles. The molecule has 0 spiro atoms. The molecule has 15 heteroatoms. The van der Waals surface area contributed by atoms with E-state index in [-0.39, 0.29) is 46.5 Å². The normalized spacial score (nSPS) is 21.8. The molecule has 0 radical (unpaired) electrons. The van der Waals surface area contributed by atoms with Crippen molar-refractivity contribution in [2.75, 3.05) is 25.4 Å². The lowest BCUT2D eigenvalue weighted by Crippen LogP contribution is -2.70. The van der Waals surface area contributed by atoms with Gasteiger partial charge in [-0.15, -0.1) is 35.5 Å². The van der Waals surface area contributed by atoms with Crippen LogP contribution in [0.2, 0.25) is 0 Å². The minimum Gasteiger partial charge on any atom is -0.428 e. The van der Waals surface area contributed by atoms with Gasteiger partial charge in [0, 0.05) is 11.1 Å². The van der Waals surface area contributed by atoms with Crippen molar-refractivity contribution in [2.45, 2.75) is 43.5 Å². The van der Waals surface area contributed by atoms with E-state index in [1.807, 2.05) is 0 Å². The van der Waals surface area contributed by atoms with Gasteiger partial charge >= 0.3 is 11.9 Å². The zero-order valence-electron chi connectivity index (χ0n) is 19.3. The van der Waals surface area contributed by atoms with Gasteiger partial charge < -0.3 is 25.4 Å². The third-order valence-electron chi connectivity index (χ3n) is 5.83. The first-order chi connectivity index (χ1) is 16.9. The van der Waals surface area contributed by atoms with Crippen LogP contribution in [0.5, 0.6) is 0 Å². The highest BCUT2D eigenvalue weighted by Gasteiger charge is 2.53. The summed E-state index contributed by atoms with van der Waals surface area (Å²) in [5, 5.41) is 7.63. The minimum atomic E-state index is -0.883. The minimum absolute atomic E-state index is 0. The second-order valence-corrected chi connectivity index (χ2v) is 10.1. The number of β-lactam (4-membered cyclic amide) rings is 1. The lowest BCUT2D eigenvalue weighted by molar-refractivity contribution is -0.171. The number of esters is 2. The summed E-state index contributed by atoms with van der Waals surface area (Å²) in [6, 6.07) is -0.883. The average Bonchev–Trinajstić information content (AvgIpc) is 3.31. The maximum atomic E-state index is 12.8. The van der Waals surface area contributed by atoms with Crippen LogP contribution < -0.4 is 11.1 Å². The number of oxime groups is 1. The number of nitrogens with one attached hydrogen (secondary N) is 1. The molecule has 0 bridgehead atoms. The molecule has 2 unspecified atom stereocenters. The molecule has 4 rings (SSSR count). The number of nitrogens with two attached hydrogens (primary N) is 1. The number of carbonyl (C=O) groups excluding carboxylic acids is 4. The van der Waals surface area contributed by atoms with Crippen LogP contribution in [0.4, 0.5) is 5.13 Å². The predicted octanol–water partition coefficient (Wildman–Crippen LogP) is 1.41. The van der Waals surface area contributed by atoms with Crippen molar-refractivity contribution in [1.29, 1.82) is 0 Å². The van der Waals surface area contributed by atoms with E-state index in [1.165, 1.54) is 23.8 Å². The van der Waals surface area contributed by atoms with Gasteiger partial charge in [0.15, 0.2) is 10.8 Å². The van der Waals surface area contributed by atoms with Crippen LogP contribution in [-0.2, 0) is 33.5 Å². The fourth-order valence-corrected chi connectivity index (χ4v) is 5.84. The largest absolute Gasteiger partial charge is 0.428 e. The molecule has 1 aliphatic carbocycles. The number of nitrogens with zero attached hydrogens (tertiary/aromatic N) is 3. The van der Waals surface area contributed by atoms with E-state index in [0.29, 0.717) is 5.75 Å². The number of nitrogen functional groups attached to an aromatic ring is 1. The molecular weight excluding hydrogens is 534 g/mol. The number of thioether (sulfide) groups is 1. The second kappa shape index (κ2) is 12.4. The summed E-state index contributed by atoms with van der Waals surface area (Å²) in [5.41, 5.74) is 5.78.